The van der Waals surface area contributed by atoms with E-state index >= 15 is 0 Å². The van der Waals surface area contributed by atoms with Gasteiger partial charge < -0.3 is 4.57 Å². The first-order valence-corrected chi connectivity index (χ1v) is 7.36. The van der Waals surface area contributed by atoms with Crippen LogP contribution in [-0.4, -0.2) is 19.5 Å². The summed E-state index contributed by atoms with van der Waals surface area (Å²) in [5.74, 6) is 0.781. The summed E-state index contributed by atoms with van der Waals surface area (Å²) in [6, 6.07) is 6.48. The summed E-state index contributed by atoms with van der Waals surface area (Å²) in [6.07, 6.45) is -0.0540. The van der Waals surface area contributed by atoms with E-state index in [0.717, 1.165) is 12.1 Å². The van der Waals surface area contributed by atoms with Crippen LogP contribution >= 0.6 is 11.6 Å². The second-order valence-electron chi connectivity index (χ2n) is 5.08. The van der Waals surface area contributed by atoms with Gasteiger partial charge in [0.1, 0.15) is 17.7 Å². The van der Waals surface area contributed by atoms with Crippen LogP contribution in [0.2, 0.25) is 5.02 Å². The molecule has 0 saturated carbocycles. The number of nitriles is 1. The maximum Gasteiger partial charge on any atom is 0.416 e. The first-order valence-electron chi connectivity index (χ1n) is 6.98. The number of aromatic nitrogens is 4. The molecule has 0 spiro atoms. The lowest BCUT2D eigenvalue weighted by Crippen LogP contribution is -2.06. The molecule has 2 heterocycles. The maximum atomic E-state index is 12.7. The molecule has 0 amide bonds. The number of alkyl halides is 3. The number of hydrogen-bond donors (Lipinski definition) is 0. The van der Waals surface area contributed by atoms with E-state index in [1.165, 1.54) is 30.7 Å². The Morgan fingerprint density at radius 2 is 1.76 bits per heavy atom. The second-order valence-corrected chi connectivity index (χ2v) is 5.52. The summed E-state index contributed by atoms with van der Waals surface area (Å²) in [4.78, 5) is 12.3. The van der Waals surface area contributed by atoms with Crippen LogP contribution in [0.3, 0.4) is 0 Å². The highest BCUT2D eigenvalue weighted by Crippen LogP contribution is 2.31. The van der Waals surface area contributed by atoms with Crippen LogP contribution < -0.4 is 0 Å². The lowest BCUT2D eigenvalue weighted by molar-refractivity contribution is -0.137. The molecule has 3 rings (SSSR count). The number of nitrogens with zero attached hydrogens (tertiary/aromatic N) is 5. The molecule has 0 aliphatic carbocycles. The highest BCUT2D eigenvalue weighted by atomic mass is 35.5. The highest BCUT2D eigenvalue weighted by molar-refractivity contribution is 6.30. The second kappa shape index (κ2) is 6.53. The van der Waals surface area contributed by atoms with Crippen molar-refractivity contribution in [2.24, 2.45) is 0 Å². The Kier molecular flexibility index (Phi) is 4.42. The predicted molar refractivity (Wildman–Crippen MR) is 83.5 cm³/mol. The van der Waals surface area contributed by atoms with Crippen molar-refractivity contribution in [3.63, 3.8) is 0 Å². The van der Waals surface area contributed by atoms with Crippen LogP contribution in [0.15, 0.2) is 42.9 Å². The topological polar surface area (TPSA) is 67.4 Å². The molecular formula is C16H9ClF3N5. The molecule has 0 N–H and O–H groups in total. The van der Waals surface area contributed by atoms with E-state index in [1.807, 2.05) is 6.07 Å². The third-order valence-corrected chi connectivity index (χ3v) is 3.54. The van der Waals surface area contributed by atoms with Gasteiger partial charge in [-0.05, 0) is 12.1 Å². The smallest absolute Gasteiger partial charge is 0.322 e. The minimum Gasteiger partial charge on any atom is -0.322 e. The third-order valence-electron chi connectivity index (χ3n) is 3.35. The number of benzene rings is 1. The fourth-order valence-electron chi connectivity index (χ4n) is 2.20. The van der Waals surface area contributed by atoms with Crippen molar-refractivity contribution in [2.45, 2.75) is 12.7 Å². The van der Waals surface area contributed by atoms with Gasteiger partial charge >= 0.3 is 6.18 Å². The van der Waals surface area contributed by atoms with Crippen LogP contribution in [0.5, 0.6) is 0 Å². The van der Waals surface area contributed by atoms with Crippen LogP contribution in [0.25, 0.3) is 11.4 Å². The van der Waals surface area contributed by atoms with Gasteiger partial charge in [-0.25, -0.2) is 15.0 Å². The molecule has 126 valence electrons. The van der Waals surface area contributed by atoms with Gasteiger partial charge in [-0.15, -0.1) is 0 Å². The largest absolute Gasteiger partial charge is 0.416 e. The summed E-state index contributed by atoms with van der Waals surface area (Å²) in [6.45, 7) is 0.197. The van der Waals surface area contributed by atoms with Crippen LogP contribution in [0.4, 0.5) is 13.2 Å². The first-order chi connectivity index (χ1) is 11.9. The number of imidazole rings is 1. The summed E-state index contributed by atoms with van der Waals surface area (Å²) in [5.41, 5.74) is -0.164. The number of halogens is 4. The fourth-order valence-corrected chi connectivity index (χ4v) is 2.30. The summed E-state index contributed by atoms with van der Waals surface area (Å²) < 4.78 is 39.7. The molecule has 0 bridgehead atoms. The van der Waals surface area contributed by atoms with Crippen molar-refractivity contribution in [3.8, 4) is 17.5 Å². The van der Waals surface area contributed by atoms with E-state index in [-0.39, 0.29) is 12.2 Å². The minimum absolute atomic E-state index is 0.142. The van der Waals surface area contributed by atoms with E-state index in [0.29, 0.717) is 22.2 Å². The molecule has 2 aromatic heterocycles. The van der Waals surface area contributed by atoms with Gasteiger partial charge in [0.25, 0.3) is 0 Å². The van der Waals surface area contributed by atoms with Crippen LogP contribution in [0.1, 0.15) is 17.1 Å². The van der Waals surface area contributed by atoms with Gasteiger partial charge in [0.15, 0.2) is 5.69 Å². The van der Waals surface area contributed by atoms with Crippen molar-refractivity contribution in [1.29, 1.82) is 5.26 Å². The molecular weight excluding hydrogens is 355 g/mol. The van der Waals surface area contributed by atoms with E-state index in [1.54, 1.807) is 4.57 Å². The fraction of sp³-hybridized carbons (Fsp3) is 0.125. The summed E-state index contributed by atoms with van der Waals surface area (Å²) in [7, 11) is 0. The van der Waals surface area contributed by atoms with E-state index in [4.69, 9.17) is 16.9 Å². The maximum absolute atomic E-state index is 12.7. The predicted octanol–water partition coefficient (Wildman–Crippen LogP) is 3.93. The Hall–Kier alpha value is -2.92. The third kappa shape index (κ3) is 3.78. The molecule has 5 nitrogen and oxygen atoms in total. The molecule has 0 unspecified atom stereocenters. The van der Waals surface area contributed by atoms with Crippen molar-refractivity contribution in [3.05, 3.63) is 65.0 Å². The van der Waals surface area contributed by atoms with Gasteiger partial charge in [0, 0.05) is 24.2 Å². The van der Waals surface area contributed by atoms with Crippen LogP contribution in [-0.2, 0) is 12.7 Å². The van der Waals surface area contributed by atoms with Gasteiger partial charge in [0.2, 0.25) is 0 Å². The number of hydrogen-bond acceptors (Lipinski definition) is 4. The van der Waals surface area contributed by atoms with Gasteiger partial charge in [-0.2, -0.15) is 18.4 Å². The molecule has 0 aliphatic heterocycles. The zero-order valence-corrected chi connectivity index (χ0v) is 13.3. The van der Waals surface area contributed by atoms with Crippen molar-refractivity contribution < 1.29 is 13.2 Å². The quantitative estimate of drug-likeness (QED) is 0.707. The Labute approximate surface area is 145 Å². The zero-order valence-electron chi connectivity index (χ0n) is 12.5. The number of rotatable bonds is 3. The van der Waals surface area contributed by atoms with Crippen molar-refractivity contribution >= 4 is 11.6 Å². The molecule has 0 radical (unpaired) electrons. The average molecular weight is 364 g/mol. The molecule has 0 atom stereocenters. The Bertz CT molecular complexity index is 924. The van der Waals surface area contributed by atoms with Gasteiger partial charge in [0.05, 0.1) is 17.1 Å². The molecule has 9 heteroatoms. The molecule has 25 heavy (non-hydrogen) atoms. The van der Waals surface area contributed by atoms with Gasteiger partial charge in [-0.3, -0.25) is 0 Å². The van der Waals surface area contributed by atoms with Crippen LogP contribution in [0, 0.1) is 11.3 Å². The highest BCUT2D eigenvalue weighted by Gasteiger charge is 2.30. The first kappa shape index (κ1) is 16.9. The standard InChI is InChI=1S/C16H9ClF3N5/c17-12-6-22-14(23-7-12)9-25-8-13(5-21)24-15(25)10-1-3-11(4-2-10)16(18,19)20/h1-4,6-8H,9H2. The van der Waals surface area contributed by atoms with Gasteiger partial charge in [-0.1, -0.05) is 23.7 Å². The lowest BCUT2D eigenvalue weighted by atomic mass is 10.1. The Morgan fingerprint density at radius 1 is 1.12 bits per heavy atom. The van der Waals surface area contributed by atoms with E-state index in [9.17, 15) is 13.2 Å². The Balaban J connectivity index is 1.97. The Morgan fingerprint density at radius 3 is 2.32 bits per heavy atom. The lowest BCUT2D eigenvalue weighted by Gasteiger charge is -2.09. The van der Waals surface area contributed by atoms with E-state index in [2.05, 4.69) is 15.0 Å². The summed E-state index contributed by atoms with van der Waals surface area (Å²) in [5, 5.41) is 9.44. The average Bonchev–Trinajstić information content (AvgIpc) is 2.99. The monoisotopic (exact) mass is 363 g/mol. The normalized spacial score (nSPS) is 11.3. The molecule has 0 aliphatic rings. The minimum atomic E-state index is -4.41. The summed E-state index contributed by atoms with van der Waals surface area (Å²) >= 11 is 5.74. The SMILES string of the molecule is N#Cc1cn(Cc2ncc(Cl)cn2)c(-c2ccc(C(F)(F)F)cc2)n1. The molecule has 0 saturated heterocycles. The molecule has 3 aromatic rings. The zero-order chi connectivity index (χ0) is 18.0. The molecule has 1 aromatic carbocycles. The van der Waals surface area contributed by atoms with Crippen molar-refractivity contribution in [2.75, 3.05) is 0 Å². The van der Waals surface area contributed by atoms with E-state index < -0.39 is 11.7 Å². The van der Waals surface area contributed by atoms with Crippen molar-refractivity contribution in [1.82, 2.24) is 19.5 Å². The molecule has 0 fully saturated rings.